The van der Waals surface area contributed by atoms with Crippen molar-refractivity contribution in [2.75, 3.05) is 13.7 Å². The zero-order valence-corrected chi connectivity index (χ0v) is 15.2. The molecule has 0 radical (unpaired) electrons. The summed E-state index contributed by atoms with van der Waals surface area (Å²) < 4.78 is 17.4. The zero-order chi connectivity index (χ0) is 18.5. The summed E-state index contributed by atoms with van der Waals surface area (Å²) in [4.78, 5) is 28.9. The van der Waals surface area contributed by atoms with Crippen molar-refractivity contribution >= 4 is 22.3 Å². The summed E-state index contributed by atoms with van der Waals surface area (Å²) in [5, 5.41) is 1.86. The number of carbonyl (C=O) groups is 1. The number of esters is 1. The van der Waals surface area contributed by atoms with Gasteiger partial charge in [-0.25, -0.2) is 4.98 Å². The lowest BCUT2D eigenvalue weighted by atomic mass is 10.3. The fourth-order valence-electron chi connectivity index (χ4n) is 2.38. The van der Waals surface area contributed by atoms with Crippen LogP contribution in [0.15, 0.2) is 40.5 Å². The van der Waals surface area contributed by atoms with E-state index in [1.165, 1.54) is 21.8 Å². The lowest BCUT2D eigenvalue weighted by Gasteiger charge is -2.10. The number of carbonyl (C=O) groups excluding carboxylic acids is 1. The lowest BCUT2D eigenvalue weighted by molar-refractivity contribution is -0.145. The molecule has 3 rings (SSSR count). The Balaban J connectivity index is 1.52. The molecule has 0 aliphatic carbocycles. The molecule has 0 fully saturated rings. The molecule has 0 bridgehead atoms. The Morgan fingerprint density at radius 1 is 1.27 bits per heavy atom. The van der Waals surface area contributed by atoms with E-state index in [2.05, 4.69) is 4.98 Å². The molecule has 8 heteroatoms. The van der Waals surface area contributed by atoms with Crippen LogP contribution in [0.2, 0.25) is 0 Å². The van der Waals surface area contributed by atoms with Gasteiger partial charge in [0.2, 0.25) is 0 Å². The van der Waals surface area contributed by atoms with Gasteiger partial charge in [-0.15, -0.1) is 11.3 Å². The molecule has 3 aromatic rings. The molecule has 2 aromatic heterocycles. The van der Waals surface area contributed by atoms with Gasteiger partial charge in [-0.05, 0) is 19.1 Å². The van der Waals surface area contributed by atoms with Crippen LogP contribution in [0.4, 0.5) is 0 Å². The van der Waals surface area contributed by atoms with E-state index in [0.29, 0.717) is 22.2 Å². The fourth-order valence-corrected chi connectivity index (χ4v) is 3.27. The van der Waals surface area contributed by atoms with Crippen LogP contribution in [0.1, 0.15) is 17.8 Å². The number of benzene rings is 1. The molecule has 0 spiro atoms. The third kappa shape index (κ3) is 4.02. The van der Waals surface area contributed by atoms with E-state index in [4.69, 9.17) is 14.2 Å². The van der Waals surface area contributed by atoms with Gasteiger partial charge >= 0.3 is 5.97 Å². The number of aryl methyl sites for hydroxylation is 1. The van der Waals surface area contributed by atoms with Crippen LogP contribution < -0.4 is 15.0 Å². The van der Waals surface area contributed by atoms with Gasteiger partial charge in [-0.1, -0.05) is 12.1 Å². The quantitative estimate of drug-likeness (QED) is 0.592. The molecule has 0 aliphatic heterocycles. The van der Waals surface area contributed by atoms with Gasteiger partial charge in [-0.3, -0.25) is 14.0 Å². The lowest BCUT2D eigenvalue weighted by Crippen LogP contribution is -2.16. The average Bonchev–Trinajstić information content (AvgIpc) is 3.02. The highest BCUT2D eigenvalue weighted by atomic mass is 32.1. The molecule has 0 saturated heterocycles. The molecule has 2 heterocycles. The SMILES string of the molecule is COc1ccccc1OCCC(=O)OCc1cc(=O)n2c(C)csc2n1. The summed E-state index contributed by atoms with van der Waals surface area (Å²) in [6, 6.07) is 8.58. The minimum absolute atomic E-state index is 0.0455. The van der Waals surface area contributed by atoms with Crippen molar-refractivity contribution in [1.82, 2.24) is 9.38 Å². The average molecular weight is 374 g/mol. The summed E-state index contributed by atoms with van der Waals surface area (Å²) >= 11 is 1.37. The monoisotopic (exact) mass is 374 g/mol. The highest BCUT2D eigenvalue weighted by Crippen LogP contribution is 2.25. The Morgan fingerprint density at radius 3 is 2.81 bits per heavy atom. The molecular formula is C18H18N2O5S. The van der Waals surface area contributed by atoms with Crippen molar-refractivity contribution in [2.24, 2.45) is 0 Å². The second-order valence-electron chi connectivity index (χ2n) is 5.49. The highest BCUT2D eigenvalue weighted by molar-refractivity contribution is 7.15. The Morgan fingerprint density at radius 2 is 2.04 bits per heavy atom. The first-order valence-electron chi connectivity index (χ1n) is 7.96. The second-order valence-corrected chi connectivity index (χ2v) is 6.33. The van der Waals surface area contributed by atoms with Gasteiger partial charge in [-0.2, -0.15) is 0 Å². The largest absolute Gasteiger partial charge is 0.493 e. The molecule has 26 heavy (non-hydrogen) atoms. The van der Waals surface area contributed by atoms with Crippen LogP contribution in [0, 0.1) is 6.92 Å². The van der Waals surface area contributed by atoms with Gasteiger partial charge in [0, 0.05) is 17.1 Å². The van der Waals surface area contributed by atoms with Crippen molar-refractivity contribution in [1.29, 1.82) is 0 Å². The predicted molar refractivity (Wildman–Crippen MR) is 97.0 cm³/mol. The number of rotatable bonds is 7. The smallest absolute Gasteiger partial charge is 0.309 e. The first kappa shape index (κ1) is 17.9. The summed E-state index contributed by atoms with van der Waals surface area (Å²) in [5.74, 6) is 0.741. The van der Waals surface area contributed by atoms with Gasteiger partial charge < -0.3 is 14.2 Å². The standard InChI is InChI=1S/C18H18N2O5S/c1-12-11-26-18-19-13(9-16(21)20(12)18)10-25-17(22)7-8-24-15-6-4-3-5-14(15)23-2/h3-6,9,11H,7-8,10H2,1-2H3. The number of hydrogen-bond acceptors (Lipinski definition) is 7. The van der Waals surface area contributed by atoms with E-state index in [9.17, 15) is 9.59 Å². The van der Waals surface area contributed by atoms with Crippen molar-refractivity contribution in [3.05, 3.63) is 57.5 Å². The van der Waals surface area contributed by atoms with Crippen LogP contribution in [-0.4, -0.2) is 29.1 Å². The summed E-state index contributed by atoms with van der Waals surface area (Å²) in [7, 11) is 1.55. The number of thiazole rings is 1. The third-order valence-corrected chi connectivity index (χ3v) is 4.59. The van der Waals surface area contributed by atoms with Gasteiger partial charge in [0.1, 0.15) is 6.61 Å². The summed E-state index contributed by atoms with van der Waals surface area (Å²) in [6.45, 7) is 1.96. The van der Waals surface area contributed by atoms with Crippen molar-refractivity contribution in [3.63, 3.8) is 0 Å². The predicted octanol–water partition coefficient (Wildman–Crippen LogP) is 2.59. The maximum Gasteiger partial charge on any atom is 0.309 e. The first-order valence-corrected chi connectivity index (χ1v) is 8.84. The Kier molecular flexibility index (Phi) is 5.52. The van der Waals surface area contributed by atoms with E-state index in [-0.39, 0.29) is 25.2 Å². The van der Waals surface area contributed by atoms with E-state index in [1.54, 1.807) is 19.2 Å². The Labute approximate surface area is 153 Å². The topological polar surface area (TPSA) is 79.1 Å². The van der Waals surface area contributed by atoms with Crippen LogP contribution in [0.3, 0.4) is 0 Å². The minimum Gasteiger partial charge on any atom is -0.493 e. The summed E-state index contributed by atoms with van der Waals surface area (Å²) in [6.07, 6.45) is 0.0807. The number of methoxy groups -OCH3 is 1. The Hall–Kier alpha value is -2.87. The molecule has 0 amide bonds. The molecule has 0 atom stereocenters. The highest BCUT2D eigenvalue weighted by Gasteiger charge is 2.10. The van der Waals surface area contributed by atoms with Crippen molar-refractivity contribution in [3.8, 4) is 11.5 Å². The van der Waals surface area contributed by atoms with E-state index < -0.39 is 5.97 Å². The third-order valence-electron chi connectivity index (χ3n) is 3.64. The van der Waals surface area contributed by atoms with Gasteiger partial charge in [0.05, 0.1) is 25.8 Å². The number of nitrogens with zero attached hydrogens (tertiary/aromatic N) is 2. The molecule has 7 nitrogen and oxygen atoms in total. The first-order chi connectivity index (χ1) is 12.6. The molecule has 0 saturated carbocycles. The number of ether oxygens (including phenoxy) is 3. The number of hydrogen-bond donors (Lipinski definition) is 0. The molecule has 1 aromatic carbocycles. The molecule has 0 aliphatic rings. The van der Waals surface area contributed by atoms with Crippen molar-refractivity contribution in [2.45, 2.75) is 20.0 Å². The normalized spacial score (nSPS) is 10.7. The van der Waals surface area contributed by atoms with Crippen molar-refractivity contribution < 1.29 is 19.0 Å². The molecule has 136 valence electrons. The number of para-hydroxylation sites is 2. The fraction of sp³-hybridized carbons (Fsp3) is 0.278. The maximum atomic E-state index is 12.1. The molecule has 0 unspecified atom stereocenters. The summed E-state index contributed by atoms with van der Waals surface area (Å²) in [5.41, 5.74) is 1.08. The number of fused-ring (bicyclic) bond motifs is 1. The van der Waals surface area contributed by atoms with E-state index in [0.717, 1.165) is 5.69 Å². The minimum atomic E-state index is -0.427. The Bertz CT molecular complexity index is 979. The van der Waals surface area contributed by atoms with Crippen LogP contribution in [0.5, 0.6) is 11.5 Å². The zero-order valence-electron chi connectivity index (χ0n) is 14.4. The van der Waals surface area contributed by atoms with Gasteiger partial charge in [0.25, 0.3) is 5.56 Å². The van der Waals surface area contributed by atoms with Gasteiger partial charge in [0.15, 0.2) is 16.5 Å². The molecular weight excluding hydrogens is 356 g/mol. The number of aromatic nitrogens is 2. The molecule has 0 N–H and O–H groups in total. The van der Waals surface area contributed by atoms with E-state index in [1.807, 2.05) is 24.4 Å². The second kappa shape index (κ2) is 8.01. The maximum absolute atomic E-state index is 12.1. The van der Waals surface area contributed by atoms with E-state index >= 15 is 0 Å². The van der Waals surface area contributed by atoms with Crippen LogP contribution in [0.25, 0.3) is 4.96 Å². The van der Waals surface area contributed by atoms with Crippen LogP contribution in [-0.2, 0) is 16.1 Å². The van der Waals surface area contributed by atoms with Crippen LogP contribution >= 0.6 is 11.3 Å².